The molecule has 0 radical (unpaired) electrons. The van der Waals surface area contributed by atoms with Gasteiger partial charge >= 0.3 is 0 Å². The minimum absolute atomic E-state index is 0.739. The molecule has 2 heteroatoms. The minimum Gasteiger partial charge on any atom is -0.330 e. The highest BCUT2D eigenvalue weighted by Gasteiger charge is 2.24. The van der Waals surface area contributed by atoms with Crippen LogP contribution in [0.4, 0.5) is 0 Å². The second-order valence-electron chi connectivity index (χ2n) is 5.96. The van der Waals surface area contributed by atoms with Gasteiger partial charge < -0.3 is 5.73 Å². The fourth-order valence-electron chi connectivity index (χ4n) is 2.43. The molecule has 1 aliphatic carbocycles. The summed E-state index contributed by atoms with van der Waals surface area (Å²) in [6, 6.07) is 0. The fourth-order valence-corrected chi connectivity index (χ4v) is 2.43. The van der Waals surface area contributed by atoms with Crippen molar-refractivity contribution < 1.29 is 0 Å². The van der Waals surface area contributed by atoms with Gasteiger partial charge in [0.05, 0.1) is 0 Å². The Labute approximate surface area is 119 Å². The summed E-state index contributed by atoms with van der Waals surface area (Å²) in [5.74, 6) is 0.778. The van der Waals surface area contributed by atoms with Crippen LogP contribution in [0.3, 0.4) is 0 Å². The maximum atomic E-state index is 5.68. The number of allylic oxidation sites excluding steroid dienone is 1. The van der Waals surface area contributed by atoms with Crippen LogP contribution in [0.1, 0.15) is 78.6 Å². The number of aliphatic imine (C=N–C) groups is 1. The van der Waals surface area contributed by atoms with E-state index in [1.54, 1.807) is 0 Å². The van der Waals surface area contributed by atoms with Gasteiger partial charge in [-0.15, -0.1) is 0 Å². The smallest absolute Gasteiger partial charge is 0.0392 e. The number of nitrogens with zero attached hydrogens (tertiary/aromatic N) is 1. The zero-order chi connectivity index (χ0) is 14.1. The molecule has 0 unspecified atom stereocenters. The van der Waals surface area contributed by atoms with Gasteiger partial charge in [-0.25, -0.2) is 0 Å². The molecule has 0 aliphatic heterocycles. The zero-order valence-electron chi connectivity index (χ0n) is 13.2. The van der Waals surface area contributed by atoms with Gasteiger partial charge in [0.2, 0.25) is 0 Å². The molecule has 1 rings (SSSR count). The summed E-state index contributed by atoms with van der Waals surface area (Å²) in [6.45, 7) is 7.41. The number of nitrogens with two attached hydrogens (primary N) is 1. The average Bonchev–Trinajstić information content (AvgIpc) is 3.21. The quantitative estimate of drug-likeness (QED) is 0.445. The van der Waals surface area contributed by atoms with Crippen LogP contribution in [0.25, 0.3) is 0 Å². The first-order valence-electron chi connectivity index (χ1n) is 8.12. The van der Waals surface area contributed by atoms with Gasteiger partial charge in [0.25, 0.3) is 0 Å². The lowest BCUT2D eigenvalue weighted by molar-refractivity contribution is 0.626. The molecule has 0 amide bonds. The lowest BCUT2D eigenvalue weighted by Gasteiger charge is -2.09. The fraction of sp³-hybridized carbons (Fsp3) is 0.824. The Morgan fingerprint density at radius 1 is 1.05 bits per heavy atom. The summed E-state index contributed by atoms with van der Waals surface area (Å²) in [7, 11) is 0. The lowest BCUT2D eigenvalue weighted by Crippen LogP contribution is -2.02. The molecule has 19 heavy (non-hydrogen) atoms. The Morgan fingerprint density at radius 3 is 2.32 bits per heavy atom. The van der Waals surface area contributed by atoms with Crippen LogP contribution in [-0.2, 0) is 0 Å². The normalized spacial score (nSPS) is 17.6. The largest absolute Gasteiger partial charge is 0.330 e. The molecule has 1 saturated carbocycles. The summed E-state index contributed by atoms with van der Waals surface area (Å²) in [5.41, 5.74) is 9.76. The van der Waals surface area contributed by atoms with Gasteiger partial charge in [-0.1, -0.05) is 38.2 Å². The second kappa shape index (κ2) is 9.30. The van der Waals surface area contributed by atoms with E-state index in [0.717, 1.165) is 25.3 Å². The van der Waals surface area contributed by atoms with Crippen molar-refractivity contribution in [3.63, 3.8) is 0 Å². The van der Waals surface area contributed by atoms with Gasteiger partial charge in [-0.2, -0.15) is 0 Å². The molecule has 2 nitrogen and oxygen atoms in total. The molecule has 0 aromatic carbocycles. The van der Waals surface area contributed by atoms with E-state index in [9.17, 15) is 0 Å². The first-order valence-corrected chi connectivity index (χ1v) is 8.12. The molecule has 0 aromatic heterocycles. The van der Waals surface area contributed by atoms with Gasteiger partial charge in [-0.05, 0) is 58.4 Å². The molecular weight excluding hydrogens is 232 g/mol. The molecule has 0 bridgehead atoms. The third-order valence-electron chi connectivity index (χ3n) is 4.01. The van der Waals surface area contributed by atoms with Crippen LogP contribution in [-0.4, -0.2) is 12.3 Å². The van der Waals surface area contributed by atoms with E-state index in [-0.39, 0.29) is 0 Å². The van der Waals surface area contributed by atoms with Crippen LogP contribution >= 0.6 is 0 Å². The van der Waals surface area contributed by atoms with Crippen LogP contribution in [0.15, 0.2) is 16.3 Å². The monoisotopic (exact) mass is 264 g/mol. The minimum atomic E-state index is 0.739. The van der Waals surface area contributed by atoms with Crippen molar-refractivity contribution in [2.45, 2.75) is 78.6 Å². The molecule has 0 heterocycles. The molecule has 0 atom stereocenters. The highest BCUT2D eigenvalue weighted by Crippen LogP contribution is 2.31. The Hall–Kier alpha value is -0.630. The summed E-state index contributed by atoms with van der Waals surface area (Å²) < 4.78 is 0. The first kappa shape index (κ1) is 16.4. The Balaban J connectivity index is 2.49. The van der Waals surface area contributed by atoms with Gasteiger partial charge in [-0.3, -0.25) is 4.99 Å². The van der Waals surface area contributed by atoms with Crippen LogP contribution in [0.5, 0.6) is 0 Å². The summed E-state index contributed by atoms with van der Waals surface area (Å²) in [5, 5.41) is 0. The number of rotatable bonds is 10. The van der Waals surface area contributed by atoms with Gasteiger partial charge in [0.15, 0.2) is 0 Å². The molecule has 2 N–H and O–H groups in total. The van der Waals surface area contributed by atoms with Gasteiger partial charge in [0, 0.05) is 11.4 Å². The second-order valence-corrected chi connectivity index (χ2v) is 5.96. The van der Waals surface area contributed by atoms with Crippen molar-refractivity contribution >= 4 is 5.71 Å². The van der Waals surface area contributed by atoms with E-state index in [4.69, 9.17) is 10.7 Å². The lowest BCUT2D eigenvalue weighted by atomic mass is 10.0. The molecule has 0 spiro atoms. The van der Waals surface area contributed by atoms with Crippen LogP contribution in [0.2, 0.25) is 0 Å². The van der Waals surface area contributed by atoms with Crippen molar-refractivity contribution in [1.29, 1.82) is 0 Å². The number of unbranched alkanes of at least 4 members (excludes halogenated alkanes) is 4. The number of hydrogen-bond acceptors (Lipinski definition) is 2. The summed E-state index contributed by atoms with van der Waals surface area (Å²) in [4.78, 5) is 4.92. The van der Waals surface area contributed by atoms with Crippen molar-refractivity contribution in [2.75, 3.05) is 6.54 Å². The summed E-state index contributed by atoms with van der Waals surface area (Å²) in [6.07, 6.45) is 11.5. The molecule has 1 aliphatic rings. The predicted octanol–water partition coefficient (Wildman–Crippen LogP) is 4.84. The van der Waals surface area contributed by atoms with E-state index < -0.39 is 0 Å². The topological polar surface area (TPSA) is 38.4 Å². The zero-order valence-corrected chi connectivity index (χ0v) is 13.2. The van der Waals surface area contributed by atoms with Crippen molar-refractivity contribution in [3.05, 3.63) is 11.3 Å². The molecule has 1 fully saturated rings. The maximum absolute atomic E-state index is 5.68. The molecule has 110 valence electrons. The molecule has 0 saturated heterocycles. The van der Waals surface area contributed by atoms with Crippen molar-refractivity contribution in [2.24, 2.45) is 16.6 Å². The van der Waals surface area contributed by atoms with Crippen LogP contribution in [0, 0.1) is 5.92 Å². The molecular formula is C17H32N2. The Kier molecular flexibility index (Phi) is 8.04. The van der Waals surface area contributed by atoms with E-state index in [1.165, 1.54) is 61.9 Å². The van der Waals surface area contributed by atoms with E-state index in [0.29, 0.717) is 0 Å². The van der Waals surface area contributed by atoms with Gasteiger partial charge in [0.1, 0.15) is 0 Å². The Bertz CT molecular complexity index is 311. The maximum Gasteiger partial charge on any atom is 0.0392 e. The summed E-state index contributed by atoms with van der Waals surface area (Å²) >= 11 is 0. The standard InChI is InChI=1S/C17H32N2/c1-4-5-6-7-8-9-17(14(2)12-13-18)19-15(3)16-10-11-16/h16H,4-13,18H2,1-3H3/b17-14+,19-15?. The predicted molar refractivity (Wildman–Crippen MR) is 85.6 cm³/mol. The highest BCUT2D eigenvalue weighted by atomic mass is 14.8. The SMILES string of the molecule is CCCCCCC/C(N=C(C)C1CC1)=C(/C)CCN. The Morgan fingerprint density at radius 2 is 1.74 bits per heavy atom. The first-order chi connectivity index (χ1) is 9.19. The van der Waals surface area contributed by atoms with Crippen molar-refractivity contribution in [3.8, 4) is 0 Å². The highest BCUT2D eigenvalue weighted by molar-refractivity contribution is 5.87. The number of hydrogen-bond donors (Lipinski definition) is 1. The molecule has 0 aromatic rings. The van der Waals surface area contributed by atoms with E-state index in [1.807, 2.05) is 0 Å². The average molecular weight is 264 g/mol. The van der Waals surface area contributed by atoms with Crippen molar-refractivity contribution in [1.82, 2.24) is 0 Å². The van der Waals surface area contributed by atoms with E-state index >= 15 is 0 Å². The third kappa shape index (κ3) is 6.91. The van der Waals surface area contributed by atoms with Crippen LogP contribution < -0.4 is 5.73 Å². The third-order valence-corrected chi connectivity index (χ3v) is 4.01. The van der Waals surface area contributed by atoms with E-state index in [2.05, 4.69) is 20.8 Å².